The minimum absolute atomic E-state index is 0.183. The molecule has 2 heterocycles. The second-order valence-corrected chi connectivity index (χ2v) is 6.29. The number of rotatable bonds is 3. The third kappa shape index (κ3) is 2.93. The van der Waals surface area contributed by atoms with Gasteiger partial charge in [0, 0.05) is 24.2 Å². The molecule has 1 fully saturated rings. The third-order valence-electron chi connectivity index (χ3n) is 3.31. The van der Waals surface area contributed by atoms with Crippen LogP contribution in [0.15, 0.2) is 39.7 Å². The van der Waals surface area contributed by atoms with Gasteiger partial charge in [0.1, 0.15) is 11.5 Å². The number of furan rings is 1. The average Bonchev–Trinajstić information content (AvgIpc) is 3.09. The van der Waals surface area contributed by atoms with E-state index in [1.807, 2.05) is 0 Å². The predicted molar refractivity (Wildman–Crippen MR) is 89.5 cm³/mol. The Morgan fingerprint density at radius 2 is 2.04 bits per heavy atom. The zero-order valence-corrected chi connectivity index (χ0v) is 13.8. The monoisotopic (exact) mass is 364 g/mol. The molecule has 3 rings (SSSR count). The summed E-state index contributed by atoms with van der Waals surface area (Å²) in [5, 5.41) is 11.0. The van der Waals surface area contributed by atoms with Gasteiger partial charge in [0.05, 0.1) is 15.4 Å². The smallest absolute Gasteiger partial charge is 0.293 e. The molecule has 0 radical (unpaired) electrons. The highest BCUT2D eigenvalue weighted by Gasteiger charge is 2.32. The summed E-state index contributed by atoms with van der Waals surface area (Å²) in [5.41, 5.74) is 0.0879. The first kappa shape index (κ1) is 16.3. The van der Waals surface area contributed by atoms with E-state index in [2.05, 4.69) is 0 Å². The standard InChI is InChI=1S/C15H9ClN2O5S/c1-17-14(19)13(24-15(17)20)7-9-3-5-12(23-9)10-4-2-8(16)6-11(10)18(21)22/h2-7H,1H3/b13-7-. The number of amides is 2. The first-order valence-corrected chi connectivity index (χ1v) is 7.82. The fourth-order valence-corrected chi connectivity index (χ4v) is 3.09. The molecule has 0 spiro atoms. The molecule has 122 valence electrons. The Kier molecular flexibility index (Phi) is 4.16. The van der Waals surface area contributed by atoms with Crippen LogP contribution in [0.25, 0.3) is 17.4 Å². The first-order valence-electron chi connectivity index (χ1n) is 6.62. The van der Waals surface area contributed by atoms with Gasteiger partial charge in [0.2, 0.25) is 0 Å². The van der Waals surface area contributed by atoms with E-state index in [1.54, 1.807) is 12.1 Å². The molecule has 0 unspecified atom stereocenters. The van der Waals surface area contributed by atoms with Gasteiger partial charge in [-0.2, -0.15) is 0 Å². The van der Waals surface area contributed by atoms with Crippen molar-refractivity contribution in [3.63, 3.8) is 0 Å². The number of hydrogen-bond acceptors (Lipinski definition) is 6. The molecule has 24 heavy (non-hydrogen) atoms. The molecular formula is C15H9ClN2O5S. The highest BCUT2D eigenvalue weighted by Crippen LogP contribution is 2.35. The van der Waals surface area contributed by atoms with Gasteiger partial charge in [-0.15, -0.1) is 0 Å². The van der Waals surface area contributed by atoms with Crippen LogP contribution in [-0.2, 0) is 4.79 Å². The van der Waals surface area contributed by atoms with E-state index in [0.717, 1.165) is 16.7 Å². The molecular weight excluding hydrogens is 356 g/mol. The second-order valence-electron chi connectivity index (χ2n) is 4.86. The fraction of sp³-hybridized carbons (Fsp3) is 0.0667. The Balaban J connectivity index is 1.97. The van der Waals surface area contributed by atoms with E-state index < -0.39 is 10.8 Å². The Bertz CT molecular complexity index is 905. The van der Waals surface area contributed by atoms with Crippen LogP contribution < -0.4 is 0 Å². The van der Waals surface area contributed by atoms with Gasteiger partial charge in [-0.05, 0) is 36.0 Å². The van der Waals surface area contributed by atoms with E-state index >= 15 is 0 Å². The summed E-state index contributed by atoms with van der Waals surface area (Å²) >= 11 is 6.59. The van der Waals surface area contributed by atoms with Gasteiger partial charge in [-0.3, -0.25) is 24.6 Å². The Hall–Kier alpha value is -2.58. The number of likely N-dealkylation sites (N-methyl/N-ethyl adjacent to an activating group) is 1. The number of carbonyl (C=O) groups excluding carboxylic acids is 2. The predicted octanol–water partition coefficient (Wildman–Crippen LogP) is 4.17. The van der Waals surface area contributed by atoms with E-state index in [1.165, 1.54) is 31.3 Å². The lowest BCUT2D eigenvalue weighted by Crippen LogP contribution is -2.22. The summed E-state index contributed by atoms with van der Waals surface area (Å²) in [6.07, 6.45) is 1.43. The molecule has 1 saturated heterocycles. The number of nitrogens with zero attached hydrogens (tertiary/aromatic N) is 2. The molecule has 2 aromatic rings. The molecule has 0 N–H and O–H groups in total. The number of hydrogen-bond donors (Lipinski definition) is 0. The van der Waals surface area contributed by atoms with Gasteiger partial charge in [-0.25, -0.2) is 0 Å². The highest BCUT2D eigenvalue weighted by atomic mass is 35.5. The van der Waals surface area contributed by atoms with Crippen LogP contribution in [0.1, 0.15) is 5.76 Å². The van der Waals surface area contributed by atoms with Crippen molar-refractivity contribution in [1.82, 2.24) is 4.90 Å². The molecule has 0 bridgehead atoms. The quantitative estimate of drug-likeness (QED) is 0.461. The lowest BCUT2D eigenvalue weighted by atomic mass is 10.1. The Labute approximate surface area is 145 Å². The van der Waals surface area contributed by atoms with Crippen molar-refractivity contribution >= 4 is 46.3 Å². The maximum Gasteiger partial charge on any atom is 0.293 e. The van der Waals surface area contributed by atoms with Crippen molar-refractivity contribution in [3.05, 3.63) is 56.1 Å². The van der Waals surface area contributed by atoms with E-state index in [9.17, 15) is 19.7 Å². The Morgan fingerprint density at radius 3 is 2.67 bits per heavy atom. The van der Waals surface area contributed by atoms with Crippen LogP contribution >= 0.6 is 23.4 Å². The summed E-state index contributed by atoms with van der Waals surface area (Å²) in [5.74, 6) is 0.161. The third-order valence-corrected chi connectivity index (χ3v) is 4.50. The summed E-state index contributed by atoms with van der Waals surface area (Å²) in [6.45, 7) is 0. The molecule has 1 aliphatic heterocycles. The molecule has 7 nitrogen and oxygen atoms in total. The molecule has 1 aromatic carbocycles. The summed E-state index contributed by atoms with van der Waals surface area (Å²) in [7, 11) is 1.39. The van der Waals surface area contributed by atoms with Crippen LogP contribution in [-0.4, -0.2) is 28.0 Å². The van der Waals surface area contributed by atoms with Gasteiger partial charge in [0.25, 0.3) is 16.8 Å². The lowest BCUT2D eigenvalue weighted by Gasteiger charge is -2.01. The van der Waals surface area contributed by atoms with Crippen LogP contribution in [0, 0.1) is 10.1 Å². The zero-order valence-electron chi connectivity index (χ0n) is 12.2. The topological polar surface area (TPSA) is 93.7 Å². The fourth-order valence-electron chi connectivity index (χ4n) is 2.11. The minimum Gasteiger partial charge on any atom is -0.456 e. The number of thioether (sulfide) groups is 1. The second kappa shape index (κ2) is 6.14. The number of imide groups is 1. The number of nitro groups is 1. The van der Waals surface area contributed by atoms with Crippen molar-refractivity contribution in [3.8, 4) is 11.3 Å². The molecule has 1 aromatic heterocycles. The first-order chi connectivity index (χ1) is 11.4. The van der Waals surface area contributed by atoms with E-state index in [4.69, 9.17) is 16.0 Å². The molecule has 2 amide bonds. The SMILES string of the molecule is CN1C(=O)S/C(=C\c2ccc(-c3ccc(Cl)cc3[N+](=O)[O-])o2)C1=O. The number of carbonyl (C=O) groups is 2. The highest BCUT2D eigenvalue weighted by molar-refractivity contribution is 8.18. The van der Waals surface area contributed by atoms with Crippen LogP contribution in [0.5, 0.6) is 0 Å². The van der Waals surface area contributed by atoms with Crippen molar-refractivity contribution in [2.75, 3.05) is 7.05 Å². The lowest BCUT2D eigenvalue weighted by molar-refractivity contribution is -0.384. The largest absolute Gasteiger partial charge is 0.456 e. The number of nitro benzene ring substituents is 1. The number of benzene rings is 1. The summed E-state index contributed by atoms with van der Waals surface area (Å²) < 4.78 is 5.56. The zero-order chi connectivity index (χ0) is 17.4. The van der Waals surface area contributed by atoms with Crippen LogP contribution in [0.3, 0.4) is 0 Å². The van der Waals surface area contributed by atoms with E-state index in [-0.39, 0.29) is 32.2 Å². The molecule has 0 saturated carbocycles. The normalized spacial score (nSPS) is 16.2. The molecule has 0 atom stereocenters. The van der Waals surface area contributed by atoms with Gasteiger partial charge < -0.3 is 4.42 Å². The maximum atomic E-state index is 11.8. The van der Waals surface area contributed by atoms with E-state index in [0.29, 0.717) is 5.76 Å². The van der Waals surface area contributed by atoms with Crippen molar-refractivity contribution < 1.29 is 18.9 Å². The molecule has 0 aliphatic carbocycles. The van der Waals surface area contributed by atoms with Crippen LogP contribution in [0.2, 0.25) is 5.02 Å². The summed E-state index contributed by atoms with van der Waals surface area (Å²) in [4.78, 5) is 35.2. The van der Waals surface area contributed by atoms with Gasteiger partial charge in [-0.1, -0.05) is 11.6 Å². The number of halogens is 1. The van der Waals surface area contributed by atoms with Crippen LogP contribution in [0.4, 0.5) is 10.5 Å². The Morgan fingerprint density at radius 1 is 1.29 bits per heavy atom. The van der Waals surface area contributed by atoms with Crippen molar-refractivity contribution in [1.29, 1.82) is 0 Å². The minimum atomic E-state index is -0.550. The van der Waals surface area contributed by atoms with Crippen molar-refractivity contribution in [2.45, 2.75) is 0 Å². The molecule has 1 aliphatic rings. The van der Waals surface area contributed by atoms with Gasteiger partial charge >= 0.3 is 0 Å². The molecule has 9 heteroatoms. The average molecular weight is 365 g/mol. The van der Waals surface area contributed by atoms with Crippen molar-refractivity contribution in [2.24, 2.45) is 0 Å². The van der Waals surface area contributed by atoms with Gasteiger partial charge in [0.15, 0.2) is 0 Å². The summed E-state index contributed by atoms with van der Waals surface area (Å²) in [6, 6.07) is 7.37. The maximum absolute atomic E-state index is 11.8.